The number of hydrogen-bond donors (Lipinski definition) is 2. The Labute approximate surface area is 173 Å². The molecule has 0 bridgehead atoms. The standard InChI is InChI=1S/C22H21NO5S/c1-4-28-22(26)19-20(25)18(11-14-10-13(2)8-9-17(14)24)29-21(19)23-15-6-5-7-16(12-15)27-3/h5-12,24-25H,4H2,1-3H3. The van der Waals surface area contributed by atoms with Crippen LogP contribution in [0.15, 0.2) is 63.7 Å². The zero-order valence-electron chi connectivity index (χ0n) is 16.3. The van der Waals surface area contributed by atoms with E-state index in [9.17, 15) is 15.0 Å². The van der Waals surface area contributed by atoms with Crippen molar-refractivity contribution in [2.24, 2.45) is 4.99 Å². The first-order valence-electron chi connectivity index (χ1n) is 8.96. The number of phenolic OH excluding ortho intramolecular Hbond substituents is 1. The van der Waals surface area contributed by atoms with E-state index in [-0.39, 0.29) is 23.7 Å². The number of phenols is 1. The fourth-order valence-electron chi connectivity index (χ4n) is 2.72. The van der Waals surface area contributed by atoms with Crippen molar-refractivity contribution in [2.75, 3.05) is 13.7 Å². The number of carbonyl (C=O) groups excluding carboxylic acids is 1. The molecule has 7 heteroatoms. The van der Waals surface area contributed by atoms with Gasteiger partial charge in [-0.25, -0.2) is 9.79 Å². The highest BCUT2D eigenvalue weighted by Crippen LogP contribution is 2.41. The average Bonchev–Trinajstić information content (AvgIpc) is 3.00. The Hall–Kier alpha value is -3.19. The van der Waals surface area contributed by atoms with Gasteiger partial charge in [0, 0.05) is 11.6 Å². The molecular weight excluding hydrogens is 390 g/mol. The predicted molar refractivity (Wildman–Crippen MR) is 115 cm³/mol. The van der Waals surface area contributed by atoms with Gasteiger partial charge in [-0.3, -0.25) is 0 Å². The maximum atomic E-state index is 12.5. The first kappa shape index (κ1) is 20.5. The molecule has 0 saturated carbocycles. The number of aliphatic hydroxyl groups excluding tert-OH is 1. The van der Waals surface area contributed by atoms with E-state index in [0.717, 1.165) is 17.3 Å². The Balaban J connectivity index is 2.07. The van der Waals surface area contributed by atoms with Crippen molar-refractivity contribution in [3.63, 3.8) is 0 Å². The van der Waals surface area contributed by atoms with Gasteiger partial charge < -0.3 is 19.7 Å². The number of methoxy groups -OCH3 is 1. The average molecular weight is 411 g/mol. The highest BCUT2D eigenvalue weighted by atomic mass is 32.2. The number of rotatable bonds is 5. The van der Waals surface area contributed by atoms with Crippen molar-refractivity contribution in [1.29, 1.82) is 0 Å². The summed E-state index contributed by atoms with van der Waals surface area (Å²) in [6.45, 7) is 3.76. The number of hydrogen-bond acceptors (Lipinski definition) is 7. The van der Waals surface area contributed by atoms with Crippen molar-refractivity contribution < 1.29 is 24.5 Å². The summed E-state index contributed by atoms with van der Waals surface area (Å²) in [5.41, 5.74) is 2.06. The quantitative estimate of drug-likeness (QED) is 0.680. The van der Waals surface area contributed by atoms with E-state index >= 15 is 0 Å². The fourth-order valence-corrected chi connectivity index (χ4v) is 3.75. The molecule has 1 aliphatic heterocycles. The highest BCUT2D eigenvalue weighted by molar-refractivity contribution is 8.18. The molecular formula is C22H21NO5S. The minimum Gasteiger partial charge on any atom is -0.507 e. The summed E-state index contributed by atoms with van der Waals surface area (Å²) >= 11 is 1.13. The largest absolute Gasteiger partial charge is 0.507 e. The number of aryl methyl sites for hydroxylation is 1. The minimum absolute atomic E-state index is 0.00179. The third kappa shape index (κ3) is 4.63. The molecule has 150 valence electrons. The van der Waals surface area contributed by atoms with Crippen LogP contribution in [-0.4, -0.2) is 34.9 Å². The zero-order valence-corrected chi connectivity index (χ0v) is 17.1. The van der Waals surface area contributed by atoms with Gasteiger partial charge in [0.05, 0.1) is 24.3 Å². The van der Waals surface area contributed by atoms with E-state index in [0.29, 0.717) is 26.9 Å². The maximum Gasteiger partial charge on any atom is 0.344 e. The molecule has 0 fully saturated rings. The van der Waals surface area contributed by atoms with Crippen LogP contribution in [0, 0.1) is 6.92 Å². The van der Waals surface area contributed by atoms with Gasteiger partial charge in [-0.2, -0.15) is 0 Å². The molecule has 0 unspecified atom stereocenters. The lowest BCUT2D eigenvalue weighted by atomic mass is 10.1. The molecule has 0 saturated heterocycles. The number of aromatic hydroxyl groups is 1. The Kier molecular flexibility index (Phi) is 6.29. The van der Waals surface area contributed by atoms with Gasteiger partial charge in [-0.05, 0) is 44.2 Å². The van der Waals surface area contributed by atoms with Crippen LogP contribution in [0.3, 0.4) is 0 Å². The van der Waals surface area contributed by atoms with Crippen LogP contribution in [0.2, 0.25) is 0 Å². The lowest BCUT2D eigenvalue weighted by Crippen LogP contribution is -2.12. The lowest BCUT2D eigenvalue weighted by molar-refractivity contribution is -0.138. The summed E-state index contributed by atoms with van der Waals surface area (Å²) in [4.78, 5) is 17.4. The van der Waals surface area contributed by atoms with Crippen molar-refractivity contribution in [3.05, 3.63) is 69.8 Å². The molecule has 6 nitrogen and oxygen atoms in total. The van der Waals surface area contributed by atoms with Gasteiger partial charge >= 0.3 is 5.97 Å². The summed E-state index contributed by atoms with van der Waals surface area (Å²) < 4.78 is 10.3. The number of nitrogens with zero attached hydrogens (tertiary/aromatic N) is 1. The second-order valence-electron chi connectivity index (χ2n) is 6.24. The Morgan fingerprint density at radius 1 is 1.21 bits per heavy atom. The van der Waals surface area contributed by atoms with E-state index in [4.69, 9.17) is 9.47 Å². The molecule has 0 radical (unpaired) electrons. The maximum absolute atomic E-state index is 12.5. The number of thioether (sulfide) groups is 1. The molecule has 1 aliphatic rings. The van der Waals surface area contributed by atoms with E-state index in [1.165, 1.54) is 0 Å². The van der Waals surface area contributed by atoms with Gasteiger partial charge in [-0.15, -0.1) is 0 Å². The molecule has 29 heavy (non-hydrogen) atoms. The number of carbonyl (C=O) groups is 1. The fraction of sp³-hybridized carbons (Fsp3) is 0.182. The zero-order chi connectivity index (χ0) is 21.0. The van der Waals surface area contributed by atoms with Crippen LogP contribution in [0.1, 0.15) is 18.1 Å². The molecule has 0 aromatic heterocycles. The predicted octanol–water partition coefficient (Wildman–Crippen LogP) is 4.90. The highest BCUT2D eigenvalue weighted by Gasteiger charge is 2.33. The summed E-state index contributed by atoms with van der Waals surface area (Å²) in [7, 11) is 1.56. The van der Waals surface area contributed by atoms with E-state index in [1.54, 1.807) is 62.6 Å². The van der Waals surface area contributed by atoms with E-state index < -0.39 is 5.97 Å². The summed E-state index contributed by atoms with van der Waals surface area (Å²) in [5.74, 6) is -0.180. The van der Waals surface area contributed by atoms with Gasteiger partial charge in [-0.1, -0.05) is 29.5 Å². The van der Waals surface area contributed by atoms with Gasteiger partial charge in [0.2, 0.25) is 0 Å². The number of aliphatic hydroxyl groups is 1. The van der Waals surface area contributed by atoms with Crippen LogP contribution in [0.5, 0.6) is 11.5 Å². The number of benzene rings is 2. The Morgan fingerprint density at radius 2 is 2.00 bits per heavy atom. The van der Waals surface area contributed by atoms with Gasteiger partial charge in [0.15, 0.2) is 0 Å². The summed E-state index contributed by atoms with van der Waals surface area (Å²) in [5, 5.41) is 21.1. The minimum atomic E-state index is -0.656. The summed E-state index contributed by atoms with van der Waals surface area (Å²) in [6.07, 6.45) is 1.62. The van der Waals surface area contributed by atoms with Gasteiger partial charge in [0.1, 0.15) is 27.9 Å². The molecule has 3 rings (SSSR count). The van der Waals surface area contributed by atoms with Crippen molar-refractivity contribution in [1.82, 2.24) is 0 Å². The second-order valence-corrected chi connectivity index (χ2v) is 7.27. The number of aliphatic imine (C=N–C) groups is 1. The second kappa shape index (κ2) is 8.87. The van der Waals surface area contributed by atoms with Crippen LogP contribution in [0.25, 0.3) is 6.08 Å². The smallest absolute Gasteiger partial charge is 0.344 e. The SMILES string of the molecule is CCOC(=O)C1=C(O)C(=Cc2cc(C)ccc2O)SC1=Nc1cccc(OC)c1. The monoisotopic (exact) mass is 411 g/mol. The first-order chi connectivity index (χ1) is 13.9. The molecule has 0 spiro atoms. The topological polar surface area (TPSA) is 88.4 Å². The first-order valence-corrected chi connectivity index (χ1v) is 9.77. The third-order valence-corrected chi connectivity index (χ3v) is 5.14. The van der Waals surface area contributed by atoms with Crippen LogP contribution < -0.4 is 4.74 Å². The van der Waals surface area contributed by atoms with E-state index in [2.05, 4.69) is 4.99 Å². The molecule has 0 amide bonds. The van der Waals surface area contributed by atoms with Gasteiger partial charge in [0.25, 0.3) is 0 Å². The molecule has 0 aliphatic carbocycles. The number of ether oxygens (including phenoxy) is 2. The van der Waals surface area contributed by atoms with E-state index in [1.807, 2.05) is 6.92 Å². The molecule has 2 aromatic rings. The summed E-state index contributed by atoms with van der Waals surface area (Å²) in [6, 6.07) is 12.2. The lowest BCUT2D eigenvalue weighted by Gasteiger charge is -2.04. The van der Waals surface area contributed by atoms with Crippen molar-refractivity contribution in [3.8, 4) is 11.5 Å². The Morgan fingerprint density at radius 3 is 2.72 bits per heavy atom. The Bertz CT molecular complexity index is 1040. The third-order valence-electron chi connectivity index (χ3n) is 4.12. The van der Waals surface area contributed by atoms with Crippen LogP contribution in [-0.2, 0) is 9.53 Å². The molecule has 0 atom stereocenters. The molecule has 1 heterocycles. The number of esters is 1. The normalized spacial score (nSPS) is 16.5. The van der Waals surface area contributed by atoms with Crippen LogP contribution in [0.4, 0.5) is 5.69 Å². The van der Waals surface area contributed by atoms with Crippen molar-refractivity contribution >= 4 is 34.5 Å². The molecule has 2 N–H and O–H groups in total. The van der Waals surface area contributed by atoms with Crippen LogP contribution >= 0.6 is 11.8 Å². The molecule has 2 aromatic carbocycles. The van der Waals surface area contributed by atoms with Crippen molar-refractivity contribution in [2.45, 2.75) is 13.8 Å².